The number of aryl methyl sites for hydroxylation is 2. The van der Waals surface area contributed by atoms with E-state index >= 15 is 0 Å². The minimum atomic E-state index is -0.250. The highest BCUT2D eigenvalue weighted by Crippen LogP contribution is 2.26. The third-order valence-corrected chi connectivity index (χ3v) is 3.56. The standard InChI is InChI=1S/C16H26N4O/c1-5-11-20(15(17)18)16(21)19(4)14-12(6-2)9-8-10-13(14)7-3/h8-10H,5-7,11H2,1-4H3,(H3,17,18). The van der Waals surface area contributed by atoms with E-state index in [1.807, 2.05) is 25.1 Å². The molecule has 5 nitrogen and oxygen atoms in total. The van der Waals surface area contributed by atoms with Crippen LogP contribution in [0.1, 0.15) is 38.3 Å². The Kier molecular flexibility index (Phi) is 6.21. The van der Waals surface area contributed by atoms with Crippen LogP contribution in [-0.2, 0) is 12.8 Å². The van der Waals surface area contributed by atoms with Gasteiger partial charge in [-0.25, -0.2) is 4.79 Å². The van der Waals surface area contributed by atoms with E-state index in [-0.39, 0.29) is 12.0 Å². The van der Waals surface area contributed by atoms with E-state index in [1.54, 1.807) is 11.9 Å². The zero-order valence-corrected chi connectivity index (χ0v) is 13.4. The van der Waals surface area contributed by atoms with Crippen LogP contribution in [-0.4, -0.2) is 30.5 Å². The van der Waals surface area contributed by atoms with E-state index in [9.17, 15) is 4.79 Å². The average Bonchev–Trinajstić information content (AvgIpc) is 2.49. The molecule has 0 aliphatic heterocycles. The van der Waals surface area contributed by atoms with Gasteiger partial charge in [-0.05, 0) is 30.4 Å². The Morgan fingerprint density at radius 1 is 1.19 bits per heavy atom. The van der Waals surface area contributed by atoms with Crippen LogP contribution in [0.15, 0.2) is 18.2 Å². The SMILES string of the molecule is CCCN(C(=N)N)C(=O)N(C)c1c(CC)cccc1CC. The predicted molar refractivity (Wildman–Crippen MR) is 87.9 cm³/mol. The summed E-state index contributed by atoms with van der Waals surface area (Å²) < 4.78 is 0. The fraction of sp³-hybridized carbons (Fsp3) is 0.500. The molecule has 0 aromatic heterocycles. The first-order chi connectivity index (χ1) is 9.97. The summed E-state index contributed by atoms with van der Waals surface area (Å²) in [6, 6.07) is 5.85. The van der Waals surface area contributed by atoms with Gasteiger partial charge in [-0.1, -0.05) is 39.0 Å². The minimum Gasteiger partial charge on any atom is -0.370 e. The third-order valence-electron chi connectivity index (χ3n) is 3.56. The number of urea groups is 1. The van der Waals surface area contributed by atoms with Crippen molar-refractivity contribution in [2.24, 2.45) is 5.73 Å². The smallest absolute Gasteiger partial charge is 0.331 e. The highest BCUT2D eigenvalue weighted by molar-refractivity contribution is 6.02. The van der Waals surface area contributed by atoms with E-state index < -0.39 is 0 Å². The minimum absolute atomic E-state index is 0.208. The Balaban J connectivity index is 3.20. The second-order valence-corrected chi connectivity index (χ2v) is 5.01. The van der Waals surface area contributed by atoms with Gasteiger partial charge in [0.2, 0.25) is 0 Å². The number of amides is 2. The molecule has 0 atom stereocenters. The van der Waals surface area contributed by atoms with Crippen molar-refractivity contribution in [3.8, 4) is 0 Å². The molecule has 1 aromatic carbocycles. The number of guanidine groups is 1. The maximum atomic E-state index is 12.6. The first kappa shape index (κ1) is 17.0. The van der Waals surface area contributed by atoms with Crippen LogP contribution in [0.3, 0.4) is 0 Å². The van der Waals surface area contributed by atoms with Gasteiger partial charge < -0.3 is 5.73 Å². The summed E-state index contributed by atoms with van der Waals surface area (Å²) in [5.41, 5.74) is 8.74. The monoisotopic (exact) mass is 290 g/mol. The molecule has 3 N–H and O–H groups in total. The molecular weight excluding hydrogens is 264 g/mol. The summed E-state index contributed by atoms with van der Waals surface area (Å²) in [5.74, 6) is -0.208. The molecule has 116 valence electrons. The lowest BCUT2D eigenvalue weighted by atomic mass is 10.0. The number of hydrogen-bond donors (Lipinski definition) is 2. The van der Waals surface area contributed by atoms with Gasteiger partial charge in [-0.2, -0.15) is 0 Å². The molecule has 5 heteroatoms. The normalized spacial score (nSPS) is 10.3. The summed E-state index contributed by atoms with van der Waals surface area (Å²) in [5, 5.41) is 7.59. The maximum Gasteiger partial charge on any atom is 0.331 e. The zero-order valence-electron chi connectivity index (χ0n) is 13.4. The molecule has 0 bridgehead atoms. The van der Waals surface area contributed by atoms with E-state index in [4.69, 9.17) is 11.1 Å². The number of carbonyl (C=O) groups is 1. The van der Waals surface area contributed by atoms with Gasteiger partial charge in [-0.3, -0.25) is 15.2 Å². The summed E-state index contributed by atoms with van der Waals surface area (Å²) >= 11 is 0. The number of para-hydroxylation sites is 1. The van der Waals surface area contributed by atoms with Gasteiger partial charge in [0, 0.05) is 13.6 Å². The van der Waals surface area contributed by atoms with Crippen molar-refractivity contribution in [3.05, 3.63) is 29.3 Å². The topological polar surface area (TPSA) is 73.4 Å². The number of anilines is 1. The van der Waals surface area contributed by atoms with Crippen LogP contribution in [0.5, 0.6) is 0 Å². The van der Waals surface area contributed by atoms with Crippen LogP contribution >= 0.6 is 0 Å². The van der Waals surface area contributed by atoms with Gasteiger partial charge in [-0.15, -0.1) is 0 Å². The Hall–Kier alpha value is -2.04. The molecule has 0 saturated heterocycles. The lowest BCUT2D eigenvalue weighted by molar-refractivity contribution is 0.227. The second-order valence-electron chi connectivity index (χ2n) is 5.01. The van der Waals surface area contributed by atoms with E-state index in [2.05, 4.69) is 13.8 Å². The molecule has 0 aliphatic carbocycles. The lowest BCUT2D eigenvalue weighted by Gasteiger charge is -2.29. The summed E-state index contributed by atoms with van der Waals surface area (Å²) in [6.45, 7) is 6.56. The summed E-state index contributed by atoms with van der Waals surface area (Å²) in [7, 11) is 1.75. The van der Waals surface area contributed by atoms with Gasteiger partial charge in [0.15, 0.2) is 5.96 Å². The maximum absolute atomic E-state index is 12.6. The van der Waals surface area contributed by atoms with Crippen LogP contribution < -0.4 is 10.6 Å². The Labute approximate surface area is 127 Å². The number of hydrogen-bond acceptors (Lipinski definition) is 2. The van der Waals surface area contributed by atoms with Crippen molar-refractivity contribution in [1.82, 2.24) is 4.90 Å². The van der Waals surface area contributed by atoms with Gasteiger partial charge in [0.1, 0.15) is 0 Å². The molecule has 0 aliphatic rings. The van der Waals surface area contributed by atoms with Crippen LogP contribution in [0, 0.1) is 5.41 Å². The first-order valence-electron chi connectivity index (χ1n) is 7.47. The van der Waals surface area contributed by atoms with Crippen LogP contribution in [0.4, 0.5) is 10.5 Å². The van der Waals surface area contributed by atoms with Crippen molar-refractivity contribution in [2.75, 3.05) is 18.5 Å². The molecule has 0 saturated carbocycles. The number of nitrogens with one attached hydrogen (secondary N) is 1. The molecule has 1 rings (SSSR count). The summed E-state index contributed by atoms with van der Waals surface area (Å²) in [4.78, 5) is 15.6. The van der Waals surface area contributed by atoms with Crippen LogP contribution in [0.2, 0.25) is 0 Å². The highest BCUT2D eigenvalue weighted by atomic mass is 16.2. The molecule has 0 heterocycles. The number of rotatable bonds is 5. The molecule has 0 fully saturated rings. The van der Waals surface area contributed by atoms with Crippen molar-refractivity contribution in [3.63, 3.8) is 0 Å². The van der Waals surface area contributed by atoms with Crippen molar-refractivity contribution in [2.45, 2.75) is 40.0 Å². The van der Waals surface area contributed by atoms with Gasteiger partial charge >= 0.3 is 6.03 Å². The highest BCUT2D eigenvalue weighted by Gasteiger charge is 2.23. The fourth-order valence-corrected chi connectivity index (χ4v) is 2.47. The number of nitrogens with zero attached hydrogens (tertiary/aromatic N) is 2. The van der Waals surface area contributed by atoms with Crippen molar-refractivity contribution in [1.29, 1.82) is 5.41 Å². The number of benzene rings is 1. The van der Waals surface area contributed by atoms with E-state index in [0.29, 0.717) is 6.54 Å². The Morgan fingerprint density at radius 2 is 1.71 bits per heavy atom. The Morgan fingerprint density at radius 3 is 2.10 bits per heavy atom. The molecule has 1 aromatic rings. The largest absolute Gasteiger partial charge is 0.370 e. The summed E-state index contributed by atoms with van der Waals surface area (Å²) in [6.07, 6.45) is 2.47. The quantitative estimate of drug-likeness (QED) is 0.646. The molecular formula is C16H26N4O. The van der Waals surface area contributed by atoms with E-state index in [1.165, 1.54) is 4.90 Å². The molecule has 0 unspecified atom stereocenters. The fourth-order valence-electron chi connectivity index (χ4n) is 2.47. The van der Waals surface area contributed by atoms with Gasteiger partial charge in [0.05, 0.1) is 5.69 Å². The molecule has 2 amide bonds. The molecule has 0 radical (unpaired) electrons. The van der Waals surface area contributed by atoms with Crippen molar-refractivity contribution < 1.29 is 4.79 Å². The number of nitrogens with two attached hydrogens (primary N) is 1. The third kappa shape index (κ3) is 3.74. The van der Waals surface area contributed by atoms with Gasteiger partial charge in [0.25, 0.3) is 0 Å². The average molecular weight is 290 g/mol. The molecule has 0 spiro atoms. The first-order valence-corrected chi connectivity index (χ1v) is 7.47. The zero-order chi connectivity index (χ0) is 16.0. The second kappa shape index (κ2) is 7.67. The number of carbonyl (C=O) groups excluding carboxylic acids is 1. The Bertz CT molecular complexity index is 491. The predicted octanol–water partition coefficient (Wildman–Crippen LogP) is 2.97. The van der Waals surface area contributed by atoms with E-state index in [0.717, 1.165) is 36.1 Å². The lowest BCUT2D eigenvalue weighted by Crippen LogP contribution is -2.48. The van der Waals surface area contributed by atoms with Crippen LogP contribution in [0.25, 0.3) is 0 Å². The van der Waals surface area contributed by atoms with Crippen molar-refractivity contribution >= 4 is 17.7 Å². The molecule has 21 heavy (non-hydrogen) atoms.